The van der Waals surface area contributed by atoms with E-state index in [1.54, 1.807) is 30.3 Å². The molecule has 0 fully saturated rings. The summed E-state index contributed by atoms with van der Waals surface area (Å²) in [7, 11) is 0. The van der Waals surface area contributed by atoms with Crippen molar-refractivity contribution >= 4 is 78.6 Å². The number of ether oxygens (including phenoxy) is 1. The second-order valence-corrected chi connectivity index (χ2v) is 9.87. The van der Waals surface area contributed by atoms with Gasteiger partial charge in [-0.15, -0.1) is 0 Å². The Balaban J connectivity index is 1.50. The number of nitrogens with zero attached hydrogens (tertiary/aromatic N) is 1. The molecule has 0 saturated heterocycles. The second-order valence-electron chi connectivity index (χ2n) is 7.41. The predicted molar refractivity (Wildman–Crippen MR) is 149 cm³/mol. The highest BCUT2D eigenvalue weighted by atomic mass is 127. The zero-order valence-corrected chi connectivity index (χ0v) is 22.2. The van der Waals surface area contributed by atoms with Crippen LogP contribution in [0.25, 0.3) is 16.8 Å². The van der Waals surface area contributed by atoms with Gasteiger partial charge in [0.15, 0.2) is 0 Å². The highest BCUT2D eigenvalue weighted by molar-refractivity contribution is 14.1. The lowest BCUT2D eigenvalue weighted by Crippen LogP contribution is -2.13. The number of rotatable bonds is 6. The minimum atomic E-state index is -0.493. The number of nitrogens with one attached hydrogen (secondary N) is 1. The maximum Gasteiger partial charge on any atom is 0.266 e. The molecule has 34 heavy (non-hydrogen) atoms. The SMILES string of the molecule is N#C/C(=C/c1cc(Br)c(OCc2ccc3ccccc3c2)c(I)c1)C(=O)Nc1ccc(Cl)cc1. The second kappa shape index (κ2) is 11.0. The number of hydrogen-bond acceptors (Lipinski definition) is 3. The van der Waals surface area contributed by atoms with Gasteiger partial charge < -0.3 is 10.1 Å². The zero-order chi connectivity index (χ0) is 24.1. The Morgan fingerprint density at radius 2 is 1.79 bits per heavy atom. The summed E-state index contributed by atoms with van der Waals surface area (Å²) in [6, 6.07) is 26.8. The number of carbonyl (C=O) groups excluding carboxylic acids is 1. The molecule has 0 unspecified atom stereocenters. The molecule has 0 aliphatic carbocycles. The Morgan fingerprint density at radius 3 is 2.50 bits per heavy atom. The van der Waals surface area contributed by atoms with E-state index in [0.29, 0.717) is 28.6 Å². The third-order valence-corrected chi connectivity index (χ3v) is 6.64. The smallest absolute Gasteiger partial charge is 0.266 e. The molecule has 4 aromatic rings. The lowest BCUT2D eigenvalue weighted by atomic mass is 10.1. The molecular formula is C27H17BrClIN2O2. The molecule has 0 heterocycles. The van der Waals surface area contributed by atoms with Crippen molar-refractivity contribution < 1.29 is 9.53 Å². The van der Waals surface area contributed by atoms with Crippen LogP contribution in [0.4, 0.5) is 5.69 Å². The number of carbonyl (C=O) groups is 1. The fourth-order valence-electron chi connectivity index (χ4n) is 3.33. The van der Waals surface area contributed by atoms with Crippen LogP contribution in [0.3, 0.4) is 0 Å². The Bertz CT molecular complexity index is 1420. The largest absolute Gasteiger partial charge is 0.487 e. The fraction of sp³-hybridized carbons (Fsp3) is 0.0370. The van der Waals surface area contributed by atoms with Crippen molar-refractivity contribution in [2.24, 2.45) is 0 Å². The summed E-state index contributed by atoms with van der Waals surface area (Å²) < 4.78 is 7.69. The van der Waals surface area contributed by atoms with Gasteiger partial charge in [-0.1, -0.05) is 48.0 Å². The van der Waals surface area contributed by atoms with Crippen LogP contribution in [0, 0.1) is 14.9 Å². The quantitative estimate of drug-likeness (QED) is 0.132. The summed E-state index contributed by atoms with van der Waals surface area (Å²) in [5, 5.41) is 15.1. The van der Waals surface area contributed by atoms with Gasteiger partial charge in [-0.05, 0) is 109 Å². The summed E-state index contributed by atoms with van der Waals surface area (Å²) in [6.45, 7) is 0.418. The average molecular weight is 644 g/mol. The number of amides is 1. The minimum Gasteiger partial charge on any atom is -0.487 e. The van der Waals surface area contributed by atoms with Crippen molar-refractivity contribution in [3.05, 3.63) is 109 Å². The van der Waals surface area contributed by atoms with Crippen LogP contribution in [0.5, 0.6) is 5.75 Å². The summed E-state index contributed by atoms with van der Waals surface area (Å²) in [5.74, 6) is 0.211. The standard InChI is InChI=1S/C27H17BrClIN2O2/c28-24-13-18(12-21(15-31)27(33)32-23-9-7-22(29)8-10-23)14-25(30)26(24)34-16-17-5-6-19-3-1-2-4-20(19)11-17/h1-14H,16H2,(H,32,33)/b21-12-. The first-order valence-corrected chi connectivity index (χ1v) is 12.5. The van der Waals surface area contributed by atoms with E-state index in [9.17, 15) is 10.1 Å². The van der Waals surface area contributed by atoms with Crippen molar-refractivity contribution in [2.75, 3.05) is 5.32 Å². The van der Waals surface area contributed by atoms with Gasteiger partial charge in [-0.25, -0.2) is 0 Å². The van der Waals surface area contributed by atoms with Gasteiger partial charge in [0.05, 0.1) is 8.04 Å². The van der Waals surface area contributed by atoms with Gasteiger partial charge in [0.1, 0.15) is 24.0 Å². The third-order valence-electron chi connectivity index (χ3n) is 5.00. The van der Waals surface area contributed by atoms with Gasteiger partial charge in [0.25, 0.3) is 5.91 Å². The zero-order valence-electron chi connectivity index (χ0n) is 17.7. The molecule has 0 aliphatic rings. The highest BCUT2D eigenvalue weighted by Gasteiger charge is 2.13. The van der Waals surface area contributed by atoms with Crippen molar-refractivity contribution in [2.45, 2.75) is 6.61 Å². The number of fused-ring (bicyclic) bond motifs is 1. The van der Waals surface area contributed by atoms with E-state index >= 15 is 0 Å². The molecule has 0 aliphatic heterocycles. The van der Waals surface area contributed by atoms with E-state index in [4.69, 9.17) is 16.3 Å². The Hall–Kier alpha value is -2.86. The van der Waals surface area contributed by atoms with E-state index in [1.165, 1.54) is 10.8 Å². The number of hydrogen-bond donors (Lipinski definition) is 1. The van der Waals surface area contributed by atoms with Crippen molar-refractivity contribution in [3.8, 4) is 11.8 Å². The van der Waals surface area contributed by atoms with Crippen LogP contribution in [0.1, 0.15) is 11.1 Å². The Morgan fingerprint density at radius 1 is 1.06 bits per heavy atom. The summed E-state index contributed by atoms with van der Waals surface area (Å²) >= 11 is 11.6. The molecule has 168 valence electrons. The topological polar surface area (TPSA) is 62.1 Å². The van der Waals surface area contributed by atoms with E-state index in [0.717, 1.165) is 13.6 Å². The molecule has 4 aromatic carbocycles. The maximum absolute atomic E-state index is 12.5. The molecule has 0 spiro atoms. The van der Waals surface area contributed by atoms with Crippen LogP contribution in [-0.2, 0) is 11.4 Å². The maximum atomic E-state index is 12.5. The minimum absolute atomic E-state index is 0.0116. The van der Waals surface area contributed by atoms with E-state index in [1.807, 2.05) is 30.3 Å². The van der Waals surface area contributed by atoms with Crippen LogP contribution in [-0.4, -0.2) is 5.91 Å². The van der Waals surface area contributed by atoms with Gasteiger partial charge in [0.2, 0.25) is 0 Å². The molecular weight excluding hydrogens is 627 g/mol. The Kier molecular flexibility index (Phi) is 7.88. The molecule has 0 aromatic heterocycles. The third kappa shape index (κ3) is 5.98. The van der Waals surface area contributed by atoms with Crippen molar-refractivity contribution in [1.82, 2.24) is 0 Å². The molecule has 4 nitrogen and oxygen atoms in total. The number of benzene rings is 4. The molecule has 4 rings (SSSR count). The van der Waals surface area contributed by atoms with Crippen LogP contribution < -0.4 is 10.1 Å². The average Bonchev–Trinajstić information content (AvgIpc) is 2.83. The van der Waals surface area contributed by atoms with E-state index < -0.39 is 5.91 Å². The fourth-order valence-corrected chi connectivity index (χ4v) is 5.23. The lowest BCUT2D eigenvalue weighted by Gasteiger charge is -2.12. The van der Waals surface area contributed by atoms with Crippen LogP contribution in [0.15, 0.2) is 88.9 Å². The van der Waals surface area contributed by atoms with Crippen LogP contribution in [0.2, 0.25) is 5.02 Å². The molecule has 1 N–H and O–H groups in total. The molecule has 7 heteroatoms. The van der Waals surface area contributed by atoms with E-state index in [-0.39, 0.29) is 5.57 Å². The molecule has 1 amide bonds. The van der Waals surface area contributed by atoms with Gasteiger partial charge in [-0.3, -0.25) is 4.79 Å². The van der Waals surface area contributed by atoms with Gasteiger partial charge in [-0.2, -0.15) is 5.26 Å². The number of anilines is 1. The monoisotopic (exact) mass is 642 g/mol. The molecule has 0 atom stereocenters. The van der Waals surface area contributed by atoms with Crippen molar-refractivity contribution in [3.63, 3.8) is 0 Å². The summed E-state index contributed by atoms with van der Waals surface area (Å²) in [6.07, 6.45) is 1.55. The van der Waals surface area contributed by atoms with Crippen LogP contribution >= 0.6 is 50.1 Å². The van der Waals surface area contributed by atoms with Gasteiger partial charge in [0, 0.05) is 10.7 Å². The summed E-state index contributed by atoms with van der Waals surface area (Å²) in [5.41, 5.74) is 2.32. The lowest BCUT2D eigenvalue weighted by molar-refractivity contribution is -0.112. The van der Waals surface area contributed by atoms with Gasteiger partial charge >= 0.3 is 0 Å². The normalized spacial score (nSPS) is 11.2. The first kappa shape index (κ1) is 24.3. The first-order valence-electron chi connectivity index (χ1n) is 10.2. The van der Waals surface area contributed by atoms with E-state index in [2.05, 4.69) is 74.2 Å². The molecule has 0 bridgehead atoms. The summed E-state index contributed by atoms with van der Waals surface area (Å²) in [4.78, 5) is 12.5. The predicted octanol–water partition coefficient (Wildman–Crippen LogP) is 7.98. The van der Waals surface area contributed by atoms with Crippen molar-refractivity contribution in [1.29, 1.82) is 5.26 Å². The molecule has 0 radical (unpaired) electrons. The first-order chi connectivity index (χ1) is 16.4. The Labute approximate surface area is 224 Å². The highest BCUT2D eigenvalue weighted by Crippen LogP contribution is 2.33. The molecule has 0 saturated carbocycles. The number of nitriles is 1. The number of halogens is 3.